The Balaban J connectivity index is 1.44. The van der Waals surface area contributed by atoms with Crippen LogP contribution < -0.4 is 4.90 Å². The number of Topliss-reactive ketones (excluding diaryl/α,β-unsaturated/α-hetero) is 1. The van der Waals surface area contributed by atoms with Gasteiger partial charge in [-0.05, 0) is 43.9 Å². The van der Waals surface area contributed by atoms with E-state index in [9.17, 15) is 18.4 Å². The van der Waals surface area contributed by atoms with Gasteiger partial charge in [-0.15, -0.1) is 0 Å². The van der Waals surface area contributed by atoms with Crippen molar-refractivity contribution in [3.63, 3.8) is 0 Å². The molecular weight excluding hydrogens is 402 g/mol. The molecular formula is C23H28F2N4O2. The number of piperazine rings is 1. The van der Waals surface area contributed by atoms with E-state index in [0.717, 1.165) is 13.1 Å². The summed E-state index contributed by atoms with van der Waals surface area (Å²) in [5.74, 6) is -1.16. The summed E-state index contributed by atoms with van der Waals surface area (Å²) in [5, 5.41) is 4.31. The summed E-state index contributed by atoms with van der Waals surface area (Å²) in [7, 11) is 0. The number of benzene rings is 1. The van der Waals surface area contributed by atoms with Crippen LogP contribution in [0, 0.1) is 19.8 Å². The first-order valence-electron chi connectivity index (χ1n) is 10.7. The summed E-state index contributed by atoms with van der Waals surface area (Å²) in [5.41, 5.74) is 5.11. The van der Waals surface area contributed by atoms with E-state index in [4.69, 9.17) is 0 Å². The van der Waals surface area contributed by atoms with E-state index < -0.39 is 12.3 Å². The first-order valence-corrected chi connectivity index (χ1v) is 10.7. The number of alkyl halides is 2. The number of fused-ring (bicyclic) bond motifs is 1. The van der Waals surface area contributed by atoms with E-state index in [2.05, 4.69) is 36.0 Å². The molecule has 1 atom stereocenters. The summed E-state index contributed by atoms with van der Waals surface area (Å²) in [4.78, 5) is 29.0. The number of ketones is 1. The van der Waals surface area contributed by atoms with Gasteiger partial charge in [0, 0.05) is 56.0 Å². The highest BCUT2D eigenvalue weighted by molar-refractivity contribution is 5.94. The molecule has 0 spiro atoms. The van der Waals surface area contributed by atoms with Gasteiger partial charge in [0.2, 0.25) is 12.3 Å². The second-order valence-electron chi connectivity index (χ2n) is 8.58. The molecule has 0 N–H and O–H groups in total. The van der Waals surface area contributed by atoms with E-state index in [1.54, 1.807) is 4.90 Å². The average Bonchev–Trinajstić information content (AvgIpc) is 3.31. The summed E-state index contributed by atoms with van der Waals surface area (Å²) in [6.45, 7) is 8.23. The Morgan fingerprint density at radius 2 is 1.84 bits per heavy atom. The van der Waals surface area contributed by atoms with Crippen molar-refractivity contribution < 1.29 is 18.4 Å². The Morgan fingerprint density at radius 1 is 1.13 bits per heavy atom. The zero-order valence-corrected chi connectivity index (χ0v) is 18.2. The first kappa shape index (κ1) is 21.5. The van der Waals surface area contributed by atoms with Crippen molar-refractivity contribution in [1.82, 2.24) is 14.7 Å². The number of nitrogens with zero attached hydrogens (tertiary/aromatic N) is 4. The fraction of sp³-hybridized carbons (Fsp3) is 0.522. The van der Waals surface area contributed by atoms with E-state index >= 15 is 0 Å². The topological polar surface area (TPSA) is 58.4 Å². The number of aromatic nitrogens is 2. The number of halogens is 2. The van der Waals surface area contributed by atoms with Gasteiger partial charge in [-0.1, -0.05) is 12.1 Å². The Kier molecular flexibility index (Phi) is 5.81. The molecule has 4 rings (SSSR count). The van der Waals surface area contributed by atoms with Crippen molar-refractivity contribution >= 4 is 17.4 Å². The molecule has 2 aliphatic rings. The van der Waals surface area contributed by atoms with Crippen molar-refractivity contribution in [2.24, 2.45) is 5.92 Å². The maximum Gasteiger partial charge on any atom is 0.244 e. The van der Waals surface area contributed by atoms with Crippen molar-refractivity contribution in [2.45, 2.75) is 46.6 Å². The van der Waals surface area contributed by atoms with Crippen LogP contribution in [0.1, 0.15) is 39.8 Å². The van der Waals surface area contributed by atoms with Crippen molar-refractivity contribution in [3.05, 3.63) is 46.3 Å². The number of aryl methyl sites for hydroxylation is 1. The number of amides is 1. The lowest BCUT2D eigenvalue weighted by atomic mass is 10.1. The normalized spacial score (nSPS) is 18.6. The van der Waals surface area contributed by atoms with Crippen LogP contribution in [-0.2, 0) is 24.2 Å². The Morgan fingerprint density at radius 3 is 2.48 bits per heavy atom. The molecule has 1 unspecified atom stereocenters. The van der Waals surface area contributed by atoms with Gasteiger partial charge < -0.3 is 9.80 Å². The Bertz CT molecular complexity index is 1010. The third-order valence-electron chi connectivity index (χ3n) is 6.61. The summed E-state index contributed by atoms with van der Waals surface area (Å²) in [6, 6.07) is 6.25. The highest BCUT2D eigenvalue weighted by Gasteiger charge is 2.36. The largest absolute Gasteiger partial charge is 0.368 e. The number of rotatable bonds is 5. The van der Waals surface area contributed by atoms with Gasteiger partial charge in [0.1, 0.15) is 12.2 Å². The Hall–Kier alpha value is -2.77. The molecule has 1 aliphatic carbocycles. The number of carbonyl (C=O) groups is 2. The SMILES string of the molecule is CC(=O)c1nn(CC(=O)N2CCN(c3cccc(C)c3C)CC2)c2c1CC(C(F)F)C2. The fourth-order valence-electron chi connectivity index (χ4n) is 4.65. The summed E-state index contributed by atoms with van der Waals surface area (Å²) < 4.78 is 28.0. The molecule has 1 fully saturated rings. The van der Waals surface area contributed by atoms with Crippen LogP contribution in [0.25, 0.3) is 0 Å². The highest BCUT2D eigenvalue weighted by Crippen LogP contribution is 2.33. The quantitative estimate of drug-likeness (QED) is 0.685. The molecule has 1 amide bonds. The number of hydrogen-bond acceptors (Lipinski definition) is 4. The van der Waals surface area contributed by atoms with Gasteiger partial charge >= 0.3 is 0 Å². The minimum Gasteiger partial charge on any atom is -0.368 e. The fourth-order valence-corrected chi connectivity index (χ4v) is 4.65. The molecule has 0 bridgehead atoms. The molecule has 6 nitrogen and oxygen atoms in total. The van der Waals surface area contributed by atoms with E-state index in [1.807, 2.05) is 6.07 Å². The van der Waals surface area contributed by atoms with Gasteiger partial charge in [-0.3, -0.25) is 14.3 Å². The number of carbonyl (C=O) groups excluding carboxylic acids is 2. The molecule has 2 heterocycles. The van der Waals surface area contributed by atoms with Crippen LogP contribution in [0.2, 0.25) is 0 Å². The molecule has 2 aromatic rings. The van der Waals surface area contributed by atoms with Crippen LogP contribution in [0.15, 0.2) is 18.2 Å². The molecule has 31 heavy (non-hydrogen) atoms. The number of hydrogen-bond donors (Lipinski definition) is 0. The van der Waals surface area contributed by atoms with Crippen LogP contribution >= 0.6 is 0 Å². The predicted octanol–water partition coefficient (Wildman–Crippen LogP) is 3.03. The van der Waals surface area contributed by atoms with E-state index in [1.165, 1.54) is 28.4 Å². The second kappa shape index (κ2) is 8.40. The van der Waals surface area contributed by atoms with Gasteiger partial charge in [-0.25, -0.2) is 8.78 Å². The maximum absolute atomic E-state index is 13.2. The molecule has 1 aromatic heterocycles. The van der Waals surface area contributed by atoms with E-state index in [-0.39, 0.29) is 36.8 Å². The van der Waals surface area contributed by atoms with E-state index in [0.29, 0.717) is 24.3 Å². The van der Waals surface area contributed by atoms with Gasteiger partial charge in [0.15, 0.2) is 5.78 Å². The minimum absolute atomic E-state index is 0.0188. The lowest BCUT2D eigenvalue weighted by Gasteiger charge is -2.37. The van der Waals surface area contributed by atoms with Crippen LogP contribution in [0.3, 0.4) is 0 Å². The van der Waals surface area contributed by atoms with Crippen molar-refractivity contribution in [3.8, 4) is 0 Å². The van der Waals surface area contributed by atoms with Crippen molar-refractivity contribution in [2.75, 3.05) is 31.1 Å². The zero-order chi connectivity index (χ0) is 22.3. The molecule has 166 valence electrons. The maximum atomic E-state index is 13.2. The smallest absolute Gasteiger partial charge is 0.244 e. The molecule has 1 aromatic carbocycles. The van der Waals surface area contributed by atoms with Gasteiger partial charge in [0.05, 0.1) is 0 Å². The molecule has 0 saturated carbocycles. The first-order chi connectivity index (χ1) is 14.8. The molecule has 1 aliphatic heterocycles. The van der Waals surface area contributed by atoms with Crippen LogP contribution in [-0.4, -0.2) is 59.0 Å². The minimum atomic E-state index is -2.45. The lowest BCUT2D eigenvalue weighted by molar-refractivity contribution is -0.132. The molecule has 8 heteroatoms. The second-order valence-corrected chi connectivity index (χ2v) is 8.58. The Labute approximate surface area is 180 Å². The van der Waals surface area contributed by atoms with Gasteiger partial charge in [-0.2, -0.15) is 5.10 Å². The monoisotopic (exact) mass is 430 g/mol. The highest BCUT2D eigenvalue weighted by atomic mass is 19.3. The van der Waals surface area contributed by atoms with Crippen LogP contribution in [0.5, 0.6) is 0 Å². The predicted molar refractivity (Wildman–Crippen MR) is 114 cm³/mol. The zero-order valence-electron chi connectivity index (χ0n) is 18.2. The van der Waals surface area contributed by atoms with Crippen molar-refractivity contribution in [1.29, 1.82) is 0 Å². The number of anilines is 1. The third-order valence-corrected chi connectivity index (χ3v) is 6.61. The van der Waals surface area contributed by atoms with Gasteiger partial charge in [0.25, 0.3) is 0 Å². The summed E-state index contributed by atoms with van der Waals surface area (Å²) in [6.07, 6.45) is -2.15. The average molecular weight is 430 g/mol. The molecule has 1 saturated heterocycles. The third kappa shape index (κ3) is 4.07. The summed E-state index contributed by atoms with van der Waals surface area (Å²) >= 11 is 0. The molecule has 0 radical (unpaired) electrons. The van der Waals surface area contributed by atoms with Crippen LogP contribution in [0.4, 0.5) is 14.5 Å². The lowest BCUT2D eigenvalue weighted by Crippen LogP contribution is -2.50. The standard InChI is InChI=1S/C23H28F2N4O2/c1-14-5-4-6-19(15(14)2)27-7-9-28(10-8-27)21(31)13-29-20-12-17(23(24)25)11-18(20)22(26-29)16(3)30/h4-6,17,23H,7-13H2,1-3H3.